The van der Waals surface area contributed by atoms with Gasteiger partial charge in [0.25, 0.3) is 0 Å². The molecule has 116 valence electrons. The minimum Gasteiger partial charge on any atom is -0.328 e. The first-order valence-electron chi connectivity index (χ1n) is 7.21. The van der Waals surface area contributed by atoms with Gasteiger partial charge in [0.05, 0.1) is 0 Å². The van der Waals surface area contributed by atoms with E-state index in [-0.39, 0.29) is 0 Å². The number of hydrogen-bond acceptors (Lipinski definition) is 5. The summed E-state index contributed by atoms with van der Waals surface area (Å²) < 4.78 is 18.4. The number of amides is 1. The third-order valence-electron chi connectivity index (χ3n) is 3.82. The van der Waals surface area contributed by atoms with Crippen LogP contribution in [0.25, 0.3) is 11.4 Å². The average molecular weight is 304 g/mol. The summed E-state index contributed by atoms with van der Waals surface area (Å²) in [4.78, 5) is 16.9. The normalized spacial score (nSPS) is 15.8. The lowest BCUT2D eigenvalue weighted by atomic mass is 10.1. The monoisotopic (exact) mass is 304 g/mol. The number of rotatable bonds is 4. The van der Waals surface area contributed by atoms with E-state index in [1.54, 1.807) is 6.07 Å². The predicted octanol–water partition coefficient (Wildman–Crippen LogP) is 2.55. The molecule has 0 bridgehead atoms. The van der Waals surface area contributed by atoms with Gasteiger partial charge in [-0.05, 0) is 31.4 Å². The van der Waals surface area contributed by atoms with Crippen LogP contribution in [0.15, 0.2) is 22.7 Å². The van der Waals surface area contributed by atoms with E-state index >= 15 is 0 Å². The van der Waals surface area contributed by atoms with Crippen molar-refractivity contribution in [3.63, 3.8) is 0 Å². The van der Waals surface area contributed by atoms with Crippen molar-refractivity contribution in [2.45, 2.75) is 25.9 Å². The minimum atomic E-state index is -0.743. The van der Waals surface area contributed by atoms with E-state index in [0.29, 0.717) is 49.9 Å². The zero-order valence-corrected chi connectivity index (χ0v) is 12.3. The molecule has 0 unspecified atom stereocenters. The summed E-state index contributed by atoms with van der Waals surface area (Å²) in [6, 6.07) is 5.96. The maximum absolute atomic E-state index is 13.2. The van der Waals surface area contributed by atoms with Crippen molar-refractivity contribution in [2.75, 3.05) is 23.3 Å². The number of anilines is 2. The van der Waals surface area contributed by atoms with Gasteiger partial charge in [-0.2, -0.15) is 4.98 Å². The lowest BCUT2D eigenvalue weighted by Gasteiger charge is -2.26. The molecule has 2 heterocycles. The van der Waals surface area contributed by atoms with Crippen LogP contribution in [0.4, 0.5) is 16.1 Å². The van der Waals surface area contributed by atoms with Crippen LogP contribution < -0.4 is 10.2 Å². The molecular formula is C15H17FN4O2. The van der Waals surface area contributed by atoms with Crippen molar-refractivity contribution in [1.29, 1.82) is 0 Å². The third kappa shape index (κ3) is 2.93. The summed E-state index contributed by atoms with van der Waals surface area (Å²) in [6.07, 6.45) is 0.855. The Morgan fingerprint density at radius 2 is 2.18 bits per heavy atom. The van der Waals surface area contributed by atoms with E-state index in [0.717, 1.165) is 11.1 Å². The van der Waals surface area contributed by atoms with E-state index in [9.17, 15) is 9.18 Å². The summed E-state index contributed by atoms with van der Waals surface area (Å²) >= 11 is 0. The van der Waals surface area contributed by atoms with Gasteiger partial charge in [0, 0.05) is 24.3 Å². The number of piperidine rings is 1. The molecule has 1 aromatic heterocycles. The molecule has 1 aliphatic rings. The van der Waals surface area contributed by atoms with Crippen molar-refractivity contribution >= 4 is 18.1 Å². The van der Waals surface area contributed by atoms with Crippen LogP contribution in [-0.4, -0.2) is 35.8 Å². The Morgan fingerprint density at radius 1 is 1.41 bits per heavy atom. The number of carbonyl (C=O) groups is 1. The Labute approximate surface area is 127 Å². The number of aromatic nitrogens is 2. The summed E-state index contributed by atoms with van der Waals surface area (Å²) in [6.45, 7) is 3.06. The highest BCUT2D eigenvalue weighted by atomic mass is 19.1. The average Bonchev–Trinajstić information content (AvgIpc) is 3.00. The van der Waals surface area contributed by atoms with Crippen LogP contribution in [0, 0.1) is 6.92 Å². The minimum absolute atomic E-state index is 0.410. The molecule has 7 heteroatoms. The molecule has 1 saturated heterocycles. The third-order valence-corrected chi connectivity index (χ3v) is 3.82. The van der Waals surface area contributed by atoms with E-state index in [1.165, 1.54) is 0 Å². The van der Waals surface area contributed by atoms with E-state index in [2.05, 4.69) is 15.5 Å². The quantitative estimate of drug-likeness (QED) is 0.879. The van der Waals surface area contributed by atoms with Crippen LogP contribution in [0.3, 0.4) is 0 Å². The van der Waals surface area contributed by atoms with Gasteiger partial charge >= 0.3 is 6.01 Å². The fourth-order valence-electron chi connectivity index (χ4n) is 2.48. The Bertz CT molecular complexity index is 665. The summed E-state index contributed by atoms with van der Waals surface area (Å²) in [5.41, 5.74) is 2.41. The predicted molar refractivity (Wildman–Crippen MR) is 80.5 cm³/mol. The summed E-state index contributed by atoms with van der Waals surface area (Å²) in [5.74, 6) is 0.450. The maximum Gasteiger partial charge on any atom is 0.324 e. The number of benzene rings is 1. The molecule has 3 rings (SSSR count). The standard InChI is InChI=1S/C15H17FN4O2/c1-10-2-3-11(8-13(10)17-9-21)14-18-15(22-19-14)20-6-4-12(16)5-7-20/h2-3,8-9,12H,4-7H2,1H3,(H,17,21). The van der Waals surface area contributed by atoms with Crippen LogP contribution >= 0.6 is 0 Å². The van der Waals surface area contributed by atoms with Gasteiger partial charge < -0.3 is 14.7 Å². The highest BCUT2D eigenvalue weighted by molar-refractivity contribution is 5.76. The molecule has 2 aromatic rings. The number of halogens is 1. The fourth-order valence-corrected chi connectivity index (χ4v) is 2.48. The van der Waals surface area contributed by atoms with Gasteiger partial charge in [0.1, 0.15) is 6.17 Å². The van der Waals surface area contributed by atoms with Crippen molar-refractivity contribution < 1.29 is 13.7 Å². The van der Waals surface area contributed by atoms with Crippen molar-refractivity contribution in [2.24, 2.45) is 0 Å². The first kappa shape index (κ1) is 14.5. The molecule has 1 N–H and O–H groups in total. The molecule has 6 nitrogen and oxygen atoms in total. The van der Waals surface area contributed by atoms with Gasteiger partial charge in [-0.1, -0.05) is 17.3 Å². The molecular weight excluding hydrogens is 287 g/mol. The van der Waals surface area contributed by atoms with Gasteiger partial charge in [-0.15, -0.1) is 0 Å². The molecule has 0 saturated carbocycles. The largest absolute Gasteiger partial charge is 0.328 e. The van der Waals surface area contributed by atoms with Crippen molar-refractivity contribution in [3.05, 3.63) is 23.8 Å². The molecule has 0 spiro atoms. The van der Waals surface area contributed by atoms with Gasteiger partial charge in [0.2, 0.25) is 12.2 Å². The second-order valence-corrected chi connectivity index (χ2v) is 5.35. The number of carbonyl (C=O) groups excluding carboxylic acids is 1. The number of hydrogen-bond donors (Lipinski definition) is 1. The SMILES string of the molecule is Cc1ccc(-c2noc(N3CCC(F)CC3)n2)cc1NC=O. The van der Waals surface area contributed by atoms with Crippen LogP contribution in [0.5, 0.6) is 0 Å². The Balaban J connectivity index is 1.81. The van der Waals surface area contributed by atoms with Gasteiger partial charge in [-0.3, -0.25) is 4.79 Å². The molecule has 22 heavy (non-hydrogen) atoms. The molecule has 0 radical (unpaired) electrons. The smallest absolute Gasteiger partial charge is 0.324 e. The van der Waals surface area contributed by atoms with E-state index in [1.807, 2.05) is 24.0 Å². The lowest BCUT2D eigenvalue weighted by Crippen LogP contribution is -2.34. The van der Waals surface area contributed by atoms with Gasteiger partial charge in [-0.25, -0.2) is 4.39 Å². The Kier molecular flexibility index (Phi) is 4.04. The Hall–Kier alpha value is -2.44. The summed E-state index contributed by atoms with van der Waals surface area (Å²) in [5, 5.41) is 6.62. The van der Waals surface area contributed by atoms with E-state index in [4.69, 9.17) is 4.52 Å². The fraction of sp³-hybridized carbons (Fsp3) is 0.400. The first-order valence-corrected chi connectivity index (χ1v) is 7.21. The number of nitrogens with one attached hydrogen (secondary N) is 1. The highest BCUT2D eigenvalue weighted by Crippen LogP contribution is 2.26. The molecule has 1 amide bonds. The zero-order chi connectivity index (χ0) is 15.5. The maximum atomic E-state index is 13.2. The zero-order valence-electron chi connectivity index (χ0n) is 12.3. The molecule has 1 aliphatic heterocycles. The van der Waals surface area contributed by atoms with Crippen molar-refractivity contribution in [3.8, 4) is 11.4 Å². The van der Waals surface area contributed by atoms with Crippen LogP contribution in [0.2, 0.25) is 0 Å². The van der Waals surface area contributed by atoms with Crippen molar-refractivity contribution in [1.82, 2.24) is 10.1 Å². The Morgan fingerprint density at radius 3 is 2.91 bits per heavy atom. The number of alkyl halides is 1. The van der Waals surface area contributed by atoms with Crippen LogP contribution in [-0.2, 0) is 4.79 Å². The second-order valence-electron chi connectivity index (χ2n) is 5.35. The lowest BCUT2D eigenvalue weighted by molar-refractivity contribution is -0.105. The summed E-state index contributed by atoms with van der Waals surface area (Å²) in [7, 11) is 0. The molecule has 0 aliphatic carbocycles. The number of aryl methyl sites for hydroxylation is 1. The number of nitrogens with zero attached hydrogens (tertiary/aromatic N) is 3. The van der Waals surface area contributed by atoms with Crippen LogP contribution in [0.1, 0.15) is 18.4 Å². The highest BCUT2D eigenvalue weighted by Gasteiger charge is 2.23. The molecule has 1 fully saturated rings. The molecule has 1 aromatic carbocycles. The topological polar surface area (TPSA) is 71.3 Å². The second kappa shape index (κ2) is 6.13. The molecule has 0 atom stereocenters. The first-order chi connectivity index (χ1) is 10.7. The van der Waals surface area contributed by atoms with E-state index < -0.39 is 6.17 Å². The van der Waals surface area contributed by atoms with Gasteiger partial charge in [0.15, 0.2) is 0 Å².